The standard InChI is InChI=1S/C13H10F15NO3S/c14-7(15,5(1-2-30)33-3-4(29)6(31)32)8(16,17)9(18,19)10(20,21)11(22,23)12(24,25)13(26,27)28/h1,4,30H,2-3,29H2,(H,31,32)/b5-1-. The second-order valence-electron chi connectivity index (χ2n) is 5.95. The Labute approximate surface area is 176 Å². The molecule has 0 aromatic heterocycles. The summed E-state index contributed by atoms with van der Waals surface area (Å²) in [5.74, 6) is -51.1. The summed E-state index contributed by atoms with van der Waals surface area (Å²) in [5.41, 5.74) is 4.81. The van der Waals surface area contributed by atoms with E-state index in [9.17, 15) is 70.7 Å². The molecule has 0 aliphatic carbocycles. The van der Waals surface area contributed by atoms with Crippen molar-refractivity contribution in [1.29, 1.82) is 0 Å². The molecule has 1 unspecified atom stereocenters. The average molecular weight is 545 g/mol. The molecule has 0 aromatic rings. The fourth-order valence-electron chi connectivity index (χ4n) is 1.73. The molecular weight excluding hydrogens is 535 g/mol. The van der Waals surface area contributed by atoms with Crippen LogP contribution in [0, 0.1) is 0 Å². The van der Waals surface area contributed by atoms with Crippen LogP contribution < -0.4 is 5.73 Å². The first-order chi connectivity index (χ1) is 14.3. The van der Waals surface area contributed by atoms with Crippen LogP contribution in [0.25, 0.3) is 0 Å². The monoisotopic (exact) mass is 545 g/mol. The number of halogens is 15. The lowest BCUT2D eigenvalue weighted by Crippen LogP contribution is -2.72. The van der Waals surface area contributed by atoms with Gasteiger partial charge in [0.1, 0.15) is 6.04 Å². The Bertz CT molecular complexity index is 750. The Kier molecular flexibility index (Phi) is 8.79. The van der Waals surface area contributed by atoms with Crippen molar-refractivity contribution in [3.8, 4) is 0 Å². The van der Waals surface area contributed by atoms with Crippen LogP contribution in [0.5, 0.6) is 0 Å². The van der Waals surface area contributed by atoms with E-state index in [1.807, 2.05) is 0 Å². The molecule has 0 aliphatic heterocycles. The van der Waals surface area contributed by atoms with Crippen molar-refractivity contribution in [3.05, 3.63) is 11.0 Å². The van der Waals surface area contributed by atoms with Gasteiger partial charge in [-0.05, 0) is 6.08 Å². The van der Waals surface area contributed by atoms with Gasteiger partial charge in [0.05, 0.1) is 11.5 Å². The summed E-state index contributed by atoms with van der Waals surface area (Å²) in [6, 6.07) is -2.20. The third kappa shape index (κ3) is 4.96. The topological polar surface area (TPSA) is 83.5 Å². The second kappa shape index (κ2) is 9.23. The minimum atomic E-state index is -8.45. The quantitative estimate of drug-likeness (QED) is 0.336. The molecule has 0 bridgehead atoms. The van der Waals surface area contributed by atoms with E-state index in [0.717, 1.165) is 0 Å². The molecule has 0 radical (unpaired) electrons. The molecule has 0 spiro atoms. The highest BCUT2D eigenvalue weighted by Crippen LogP contribution is 2.63. The first kappa shape index (κ1) is 31.4. The maximum atomic E-state index is 14.0. The van der Waals surface area contributed by atoms with E-state index in [2.05, 4.69) is 0 Å². The number of hydrogen-bond donors (Lipinski definition) is 3. The number of thioether (sulfide) groups is 1. The van der Waals surface area contributed by atoms with Crippen LogP contribution in [-0.4, -0.2) is 76.3 Å². The number of allylic oxidation sites excluding steroid dienone is 1. The van der Waals surface area contributed by atoms with Crippen molar-refractivity contribution in [1.82, 2.24) is 0 Å². The zero-order valence-corrected chi connectivity index (χ0v) is 15.8. The molecule has 4 nitrogen and oxygen atoms in total. The Morgan fingerprint density at radius 3 is 1.45 bits per heavy atom. The predicted molar refractivity (Wildman–Crippen MR) is 79.0 cm³/mol. The third-order valence-corrected chi connectivity index (χ3v) is 4.91. The summed E-state index contributed by atoms with van der Waals surface area (Å²) >= 11 is -0.868. The SMILES string of the molecule is NC(CS/C(=C\CO)C(F)(F)C(F)(F)C(F)(F)C(F)(F)C(F)(F)C(F)(F)C(F)(F)F)C(=O)O. The van der Waals surface area contributed by atoms with E-state index in [-0.39, 0.29) is 0 Å². The highest BCUT2D eigenvalue weighted by Gasteiger charge is 2.93. The number of aliphatic hydroxyl groups is 1. The number of carboxylic acid groups (broad SMARTS) is 1. The largest absolute Gasteiger partial charge is 0.480 e. The van der Waals surface area contributed by atoms with Crippen molar-refractivity contribution >= 4 is 17.7 Å². The number of hydrogen-bond acceptors (Lipinski definition) is 4. The van der Waals surface area contributed by atoms with Crippen molar-refractivity contribution < 1.29 is 80.9 Å². The van der Waals surface area contributed by atoms with Crippen molar-refractivity contribution in [3.63, 3.8) is 0 Å². The van der Waals surface area contributed by atoms with Gasteiger partial charge < -0.3 is 15.9 Å². The van der Waals surface area contributed by atoms with Crippen LogP contribution in [0.1, 0.15) is 0 Å². The van der Waals surface area contributed by atoms with Crippen molar-refractivity contribution in [2.45, 2.75) is 47.8 Å². The lowest BCUT2D eigenvalue weighted by molar-refractivity contribution is -0.449. The van der Waals surface area contributed by atoms with Gasteiger partial charge in [-0.2, -0.15) is 65.9 Å². The van der Waals surface area contributed by atoms with Crippen LogP contribution in [0.4, 0.5) is 65.9 Å². The average Bonchev–Trinajstić information content (AvgIpc) is 2.62. The molecule has 0 fully saturated rings. The van der Waals surface area contributed by atoms with Crippen molar-refractivity contribution in [2.24, 2.45) is 5.73 Å². The van der Waals surface area contributed by atoms with Gasteiger partial charge in [0.15, 0.2) is 0 Å². The number of rotatable bonds is 11. The molecule has 33 heavy (non-hydrogen) atoms. The summed E-state index contributed by atoms with van der Waals surface area (Å²) in [7, 11) is 0. The molecule has 4 N–H and O–H groups in total. The summed E-state index contributed by atoms with van der Waals surface area (Å²) in [4.78, 5) is 7.92. The number of aliphatic hydroxyl groups excluding tert-OH is 1. The van der Waals surface area contributed by atoms with Crippen LogP contribution in [0.3, 0.4) is 0 Å². The minimum Gasteiger partial charge on any atom is -0.480 e. The maximum absolute atomic E-state index is 14.0. The van der Waals surface area contributed by atoms with Crippen LogP contribution in [0.2, 0.25) is 0 Å². The van der Waals surface area contributed by atoms with E-state index in [0.29, 0.717) is 0 Å². The van der Waals surface area contributed by atoms with Crippen LogP contribution in [-0.2, 0) is 4.79 Å². The van der Waals surface area contributed by atoms with Gasteiger partial charge in [-0.3, -0.25) is 4.79 Å². The molecule has 196 valence electrons. The van der Waals surface area contributed by atoms with Crippen LogP contribution >= 0.6 is 11.8 Å². The number of carbonyl (C=O) groups is 1. The van der Waals surface area contributed by atoms with Gasteiger partial charge in [-0.25, -0.2) is 0 Å². The number of aliphatic carboxylic acids is 1. The predicted octanol–water partition coefficient (Wildman–Crippen LogP) is 4.38. The molecule has 0 amide bonds. The molecule has 0 heterocycles. The van der Waals surface area contributed by atoms with E-state index in [1.54, 1.807) is 0 Å². The maximum Gasteiger partial charge on any atom is 0.460 e. The van der Waals surface area contributed by atoms with Gasteiger partial charge in [-0.15, -0.1) is 11.8 Å². The number of carboxylic acids is 1. The highest BCUT2D eigenvalue weighted by atomic mass is 32.2. The molecule has 0 aliphatic rings. The summed E-state index contributed by atoms with van der Waals surface area (Å²) in [5, 5.41) is 17.0. The first-order valence-electron chi connectivity index (χ1n) is 7.55. The Morgan fingerprint density at radius 1 is 0.758 bits per heavy atom. The lowest BCUT2D eigenvalue weighted by Gasteiger charge is -2.41. The minimum absolute atomic E-state index is 0.496. The van der Waals surface area contributed by atoms with E-state index in [1.165, 1.54) is 0 Å². The van der Waals surface area contributed by atoms with E-state index in [4.69, 9.17) is 15.9 Å². The molecule has 0 saturated heterocycles. The summed E-state index contributed by atoms with van der Waals surface area (Å²) in [6.07, 6.45) is -8.21. The fourth-order valence-corrected chi connectivity index (χ4v) is 2.74. The molecule has 0 rings (SSSR count). The van der Waals surface area contributed by atoms with Crippen LogP contribution in [0.15, 0.2) is 11.0 Å². The fraction of sp³-hybridized carbons (Fsp3) is 0.769. The highest BCUT2D eigenvalue weighted by molar-refractivity contribution is 8.03. The first-order valence-corrected chi connectivity index (χ1v) is 8.53. The summed E-state index contributed by atoms with van der Waals surface area (Å²) < 4.78 is 198. The third-order valence-electron chi connectivity index (χ3n) is 3.65. The smallest absolute Gasteiger partial charge is 0.460 e. The van der Waals surface area contributed by atoms with E-state index < -0.39 is 88.8 Å². The summed E-state index contributed by atoms with van der Waals surface area (Å²) in [6.45, 7) is -1.75. The van der Waals surface area contributed by atoms with Gasteiger partial charge in [-0.1, -0.05) is 0 Å². The number of alkyl halides is 15. The molecule has 20 heteroatoms. The molecule has 1 atom stereocenters. The molecular formula is C13H10F15NO3S. The second-order valence-corrected chi connectivity index (χ2v) is 7.01. The molecule has 0 saturated carbocycles. The zero-order chi connectivity index (χ0) is 27.1. The molecule has 0 aromatic carbocycles. The normalized spacial score (nSPS) is 16.7. The lowest BCUT2D eigenvalue weighted by atomic mass is 9.91. The number of nitrogens with two attached hydrogens (primary N) is 1. The Balaban J connectivity index is 6.61. The van der Waals surface area contributed by atoms with Gasteiger partial charge in [0.2, 0.25) is 0 Å². The zero-order valence-electron chi connectivity index (χ0n) is 15.0. The Hall–Kier alpha value is -1.57. The van der Waals surface area contributed by atoms with E-state index >= 15 is 0 Å². The van der Waals surface area contributed by atoms with Crippen molar-refractivity contribution in [2.75, 3.05) is 12.4 Å². The van der Waals surface area contributed by atoms with Gasteiger partial charge in [0, 0.05) is 5.75 Å². The van der Waals surface area contributed by atoms with Gasteiger partial charge in [0.25, 0.3) is 0 Å². The Morgan fingerprint density at radius 2 is 1.12 bits per heavy atom. The van der Waals surface area contributed by atoms with Gasteiger partial charge >= 0.3 is 47.7 Å².